The van der Waals surface area contributed by atoms with E-state index < -0.39 is 0 Å². The minimum absolute atomic E-state index is 0.447. The Morgan fingerprint density at radius 2 is 2.18 bits per heavy atom. The summed E-state index contributed by atoms with van der Waals surface area (Å²) in [5.41, 5.74) is 6.68. The molecule has 0 fully saturated rings. The van der Waals surface area contributed by atoms with Crippen LogP contribution in [0, 0.1) is 0 Å². The smallest absolute Gasteiger partial charge is 0.226 e. The van der Waals surface area contributed by atoms with Crippen LogP contribution in [-0.2, 0) is 19.4 Å². The van der Waals surface area contributed by atoms with Crippen molar-refractivity contribution in [2.24, 2.45) is 0 Å². The maximum Gasteiger partial charge on any atom is 0.226 e. The van der Waals surface area contributed by atoms with Gasteiger partial charge in [0, 0.05) is 6.42 Å². The van der Waals surface area contributed by atoms with Crippen LogP contribution in [0.5, 0.6) is 0 Å². The van der Waals surface area contributed by atoms with Crippen molar-refractivity contribution in [3.8, 4) is 0 Å². The van der Waals surface area contributed by atoms with Crippen molar-refractivity contribution in [1.29, 1.82) is 0 Å². The maximum atomic E-state index is 5.75. The van der Waals surface area contributed by atoms with E-state index in [4.69, 9.17) is 10.3 Å². The third-order valence-electron chi connectivity index (χ3n) is 2.46. The molecule has 2 rings (SSSR count). The first-order chi connectivity index (χ1) is 8.24. The second kappa shape index (κ2) is 4.94. The SMILES string of the molecule is CCCc1c(N)nnn1Cc1noc(CC)n1. The average molecular weight is 236 g/mol. The van der Waals surface area contributed by atoms with Gasteiger partial charge in [0.2, 0.25) is 5.89 Å². The maximum absolute atomic E-state index is 5.75. The number of nitrogens with zero attached hydrogens (tertiary/aromatic N) is 5. The van der Waals surface area contributed by atoms with Gasteiger partial charge in [-0.05, 0) is 6.42 Å². The van der Waals surface area contributed by atoms with Gasteiger partial charge in [-0.2, -0.15) is 4.98 Å². The van der Waals surface area contributed by atoms with Gasteiger partial charge >= 0.3 is 0 Å². The topological polar surface area (TPSA) is 95.7 Å². The van der Waals surface area contributed by atoms with E-state index in [9.17, 15) is 0 Å². The Kier molecular flexibility index (Phi) is 3.36. The highest BCUT2D eigenvalue weighted by atomic mass is 16.5. The highest BCUT2D eigenvalue weighted by Crippen LogP contribution is 2.11. The number of aryl methyl sites for hydroxylation is 1. The molecular weight excluding hydrogens is 220 g/mol. The van der Waals surface area contributed by atoms with Crippen LogP contribution in [0.1, 0.15) is 37.7 Å². The lowest BCUT2D eigenvalue weighted by Gasteiger charge is -2.02. The van der Waals surface area contributed by atoms with E-state index in [-0.39, 0.29) is 0 Å². The number of aromatic nitrogens is 5. The lowest BCUT2D eigenvalue weighted by Crippen LogP contribution is -2.08. The molecule has 2 aromatic rings. The predicted molar refractivity (Wildman–Crippen MR) is 61.2 cm³/mol. The van der Waals surface area contributed by atoms with Crippen LogP contribution in [0.4, 0.5) is 5.82 Å². The zero-order valence-corrected chi connectivity index (χ0v) is 10.1. The number of nitrogen functional groups attached to an aromatic ring is 1. The van der Waals surface area contributed by atoms with Gasteiger partial charge < -0.3 is 10.3 Å². The molecule has 0 aromatic carbocycles. The van der Waals surface area contributed by atoms with Crippen LogP contribution in [-0.4, -0.2) is 25.1 Å². The molecule has 0 spiro atoms. The number of hydrogen-bond donors (Lipinski definition) is 1. The molecule has 0 saturated carbocycles. The summed E-state index contributed by atoms with van der Waals surface area (Å²) < 4.78 is 6.76. The van der Waals surface area contributed by atoms with E-state index in [1.807, 2.05) is 6.92 Å². The van der Waals surface area contributed by atoms with Gasteiger partial charge in [0.1, 0.15) is 6.54 Å². The molecule has 0 radical (unpaired) electrons. The van der Waals surface area contributed by atoms with Crippen molar-refractivity contribution in [2.45, 2.75) is 39.7 Å². The summed E-state index contributed by atoms with van der Waals surface area (Å²) in [4.78, 5) is 4.23. The molecule has 0 saturated heterocycles. The van der Waals surface area contributed by atoms with Gasteiger partial charge in [0.25, 0.3) is 0 Å². The van der Waals surface area contributed by atoms with E-state index in [2.05, 4.69) is 27.4 Å². The normalized spacial score (nSPS) is 10.9. The molecule has 92 valence electrons. The van der Waals surface area contributed by atoms with Crippen LogP contribution in [0.25, 0.3) is 0 Å². The zero-order chi connectivity index (χ0) is 12.3. The molecule has 2 aromatic heterocycles. The monoisotopic (exact) mass is 236 g/mol. The molecule has 0 unspecified atom stereocenters. The first-order valence-electron chi connectivity index (χ1n) is 5.73. The van der Waals surface area contributed by atoms with Crippen LogP contribution < -0.4 is 5.73 Å². The Morgan fingerprint density at radius 1 is 1.35 bits per heavy atom. The van der Waals surface area contributed by atoms with Gasteiger partial charge in [-0.3, -0.25) is 0 Å². The van der Waals surface area contributed by atoms with Gasteiger partial charge in [0.05, 0.1) is 5.69 Å². The van der Waals surface area contributed by atoms with E-state index in [1.54, 1.807) is 4.68 Å². The Labute approximate surface area is 99.0 Å². The van der Waals surface area contributed by atoms with E-state index in [1.165, 1.54) is 0 Å². The molecule has 7 heteroatoms. The Hall–Kier alpha value is -1.92. The van der Waals surface area contributed by atoms with E-state index in [0.717, 1.165) is 25.0 Å². The summed E-state index contributed by atoms with van der Waals surface area (Å²) in [6, 6.07) is 0. The lowest BCUT2D eigenvalue weighted by atomic mass is 10.2. The summed E-state index contributed by atoms with van der Waals surface area (Å²) in [5, 5.41) is 11.7. The molecule has 2 heterocycles. The molecule has 0 atom stereocenters. The summed E-state index contributed by atoms with van der Waals surface area (Å²) in [7, 11) is 0. The largest absolute Gasteiger partial charge is 0.381 e. The van der Waals surface area contributed by atoms with Gasteiger partial charge in [-0.15, -0.1) is 5.10 Å². The number of rotatable bonds is 5. The van der Waals surface area contributed by atoms with Crippen molar-refractivity contribution < 1.29 is 4.52 Å². The van der Waals surface area contributed by atoms with E-state index >= 15 is 0 Å². The fraction of sp³-hybridized carbons (Fsp3) is 0.600. The van der Waals surface area contributed by atoms with Crippen LogP contribution >= 0.6 is 0 Å². The summed E-state index contributed by atoms with van der Waals surface area (Å²) in [5.74, 6) is 1.71. The van der Waals surface area contributed by atoms with Gasteiger partial charge in [0.15, 0.2) is 11.6 Å². The lowest BCUT2D eigenvalue weighted by molar-refractivity contribution is 0.374. The average Bonchev–Trinajstić information content (AvgIpc) is 2.91. The third-order valence-corrected chi connectivity index (χ3v) is 2.46. The fourth-order valence-corrected chi connectivity index (χ4v) is 1.60. The van der Waals surface area contributed by atoms with Crippen molar-refractivity contribution >= 4 is 5.82 Å². The fourth-order valence-electron chi connectivity index (χ4n) is 1.60. The van der Waals surface area contributed by atoms with Crippen LogP contribution in [0.15, 0.2) is 4.52 Å². The minimum atomic E-state index is 0.447. The molecule has 17 heavy (non-hydrogen) atoms. The first-order valence-corrected chi connectivity index (χ1v) is 5.73. The van der Waals surface area contributed by atoms with Crippen LogP contribution in [0.3, 0.4) is 0 Å². The molecule has 0 aliphatic heterocycles. The number of nitrogens with two attached hydrogens (primary N) is 1. The molecule has 7 nitrogen and oxygen atoms in total. The van der Waals surface area contributed by atoms with E-state index in [0.29, 0.717) is 24.1 Å². The standard InChI is InChI=1S/C10H16N6O/c1-3-5-7-10(11)13-15-16(7)6-8-12-9(4-2)17-14-8/h3-6,11H2,1-2H3. The molecule has 0 bridgehead atoms. The second-order valence-electron chi connectivity index (χ2n) is 3.79. The van der Waals surface area contributed by atoms with Crippen LogP contribution in [0.2, 0.25) is 0 Å². The highest BCUT2D eigenvalue weighted by Gasteiger charge is 2.12. The van der Waals surface area contributed by atoms with Crippen molar-refractivity contribution in [3.63, 3.8) is 0 Å². The Bertz CT molecular complexity index is 489. The van der Waals surface area contributed by atoms with Crippen molar-refractivity contribution in [2.75, 3.05) is 5.73 Å². The molecule has 0 aliphatic rings. The summed E-state index contributed by atoms with van der Waals surface area (Å²) >= 11 is 0. The summed E-state index contributed by atoms with van der Waals surface area (Å²) in [6.07, 6.45) is 2.57. The first kappa shape index (κ1) is 11.6. The third kappa shape index (κ3) is 2.43. The van der Waals surface area contributed by atoms with Crippen molar-refractivity contribution in [3.05, 3.63) is 17.4 Å². The minimum Gasteiger partial charge on any atom is -0.381 e. The quantitative estimate of drug-likeness (QED) is 0.825. The van der Waals surface area contributed by atoms with Gasteiger partial charge in [-0.1, -0.05) is 30.6 Å². The Morgan fingerprint density at radius 3 is 2.82 bits per heavy atom. The molecule has 0 amide bonds. The molecule has 2 N–H and O–H groups in total. The Balaban J connectivity index is 2.17. The molecular formula is C10H16N6O. The second-order valence-corrected chi connectivity index (χ2v) is 3.79. The number of hydrogen-bond acceptors (Lipinski definition) is 6. The highest BCUT2D eigenvalue weighted by molar-refractivity contribution is 5.33. The van der Waals surface area contributed by atoms with Gasteiger partial charge in [-0.25, -0.2) is 4.68 Å². The molecule has 0 aliphatic carbocycles. The zero-order valence-electron chi connectivity index (χ0n) is 10.1. The predicted octanol–water partition coefficient (Wildman–Crippen LogP) is 0.806. The number of anilines is 1. The summed E-state index contributed by atoms with van der Waals surface area (Å²) in [6.45, 7) is 4.50. The van der Waals surface area contributed by atoms with Crippen molar-refractivity contribution in [1.82, 2.24) is 25.1 Å².